The monoisotopic (exact) mass is 272 g/mol. The number of carbonyl (C=O) groups excluding carboxylic acids is 2. The van der Waals surface area contributed by atoms with Crippen molar-refractivity contribution in [2.45, 2.75) is 53.4 Å². The van der Waals surface area contributed by atoms with Crippen molar-refractivity contribution in [1.82, 2.24) is 0 Å². The molecule has 0 spiro atoms. The number of carbonyl (C=O) groups is 2. The van der Waals surface area contributed by atoms with Gasteiger partial charge < -0.3 is 0 Å². The number of Topliss-reactive ketones (excluding diaryl/α,β-unsaturated/α-hetero) is 2. The van der Waals surface area contributed by atoms with E-state index in [0.29, 0.717) is 6.42 Å². The van der Waals surface area contributed by atoms with Gasteiger partial charge in [-0.2, -0.15) is 0 Å². The van der Waals surface area contributed by atoms with Crippen molar-refractivity contribution in [2.75, 3.05) is 0 Å². The maximum atomic E-state index is 10.4. The Labute approximate surface area is 121 Å². The zero-order chi connectivity index (χ0) is 15.1. The number of allylic oxidation sites excluding steroid dienone is 2. The predicted octanol–water partition coefficient (Wildman–Crippen LogP) is 4.07. The van der Waals surface area contributed by atoms with E-state index in [1.54, 1.807) is 18.1 Å². The summed E-state index contributed by atoms with van der Waals surface area (Å²) in [5.74, 6) is -0.0191. The van der Waals surface area contributed by atoms with E-state index in [1.807, 2.05) is 0 Å². The highest BCUT2D eigenvalue weighted by Crippen LogP contribution is 2.24. The summed E-state index contributed by atoms with van der Waals surface area (Å²) in [5, 5.41) is 0. The van der Waals surface area contributed by atoms with Gasteiger partial charge in [0.15, 0.2) is 0 Å². The first-order valence-corrected chi connectivity index (χ1v) is 7.17. The molecule has 1 aliphatic carbocycles. The van der Waals surface area contributed by atoms with Crippen LogP contribution in [-0.2, 0) is 22.4 Å². The Bertz CT molecular complexity index is 491. The van der Waals surface area contributed by atoms with Crippen LogP contribution in [0.4, 0.5) is 0 Å². The molecule has 0 atom stereocenters. The molecule has 2 heteroatoms. The summed E-state index contributed by atoms with van der Waals surface area (Å²) >= 11 is 0. The summed E-state index contributed by atoms with van der Waals surface area (Å²) in [7, 11) is 0. The van der Waals surface area contributed by atoms with Gasteiger partial charge in [-0.3, -0.25) is 9.59 Å². The summed E-state index contributed by atoms with van der Waals surface area (Å²) in [4.78, 5) is 20.6. The summed E-state index contributed by atoms with van der Waals surface area (Å²) in [6, 6.07) is 8.75. The van der Waals surface area contributed by atoms with Crippen LogP contribution in [0.1, 0.15) is 51.7 Å². The van der Waals surface area contributed by atoms with Crippen molar-refractivity contribution in [1.29, 1.82) is 0 Å². The zero-order valence-electron chi connectivity index (χ0n) is 13.0. The number of ketones is 2. The molecule has 0 amide bonds. The molecule has 0 unspecified atom stereocenters. The van der Waals surface area contributed by atoms with Crippen molar-refractivity contribution >= 4 is 11.6 Å². The van der Waals surface area contributed by atoms with E-state index in [0.717, 1.165) is 12.8 Å². The normalized spacial score (nSPS) is 13.2. The predicted molar refractivity (Wildman–Crippen MR) is 82.8 cm³/mol. The van der Waals surface area contributed by atoms with Gasteiger partial charge in [-0.15, -0.1) is 0 Å². The standard InChI is InChI=1S/C12H14.C6H10O2/c1-9-7-11-5-3-4-6-12(11)8-10(9)2;1-3-6(8)4-5(2)7/h3-6H,7-8H2,1-2H3;3-4H2,1-2H3. The topological polar surface area (TPSA) is 34.1 Å². The van der Waals surface area contributed by atoms with Crippen LogP contribution in [0, 0.1) is 0 Å². The SMILES string of the molecule is CC1=C(C)Cc2ccccc2C1.CCC(=O)CC(C)=O. The van der Waals surface area contributed by atoms with Gasteiger partial charge in [-0.25, -0.2) is 0 Å². The fraction of sp³-hybridized carbons (Fsp3) is 0.444. The van der Waals surface area contributed by atoms with Crippen LogP contribution in [0.3, 0.4) is 0 Å². The molecular formula is C18H24O2. The van der Waals surface area contributed by atoms with Gasteiger partial charge in [-0.1, -0.05) is 42.3 Å². The van der Waals surface area contributed by atoms with Crippen molar-refractivity contribution in [3.05, 3.63) is 46.5 Å². The first-order chi connectivity index (χ1) is 9.43. The van der Waals surface area contributed by atoms with E-state index in [4.69, 9.17) is 0 Å². The number of hydrogen-bond acceptors (Lipinski definition) is 2. The van der Waals surface area contributed by atoms with Crippen molar-refractivity contribution in [2.24, 2.45) is 0 Å². The average Bonchev–Trinajstić information content (AvgIpc) is 2.40. The largest absolute Gasteiger partial charge is 0.300 e. The molecule has 0 aromatic heterocycles. The van der Waals surface area contributed by atoms with Crippen LogP contribution in [0.2, 0.25) is 0 Å². The van der Waals surface area contributed by atoms with Crippen LogP contribution in [0.25, 0.3) is 0 Å². The molecule has 1 aromatic carbocycles. The Balaban J connectivity index is 0.000000221. The second-order valence-corrected chi connectivity index (χ2v) is 5.45. The molecule has 0 aliphatic heterocycles. The van der Waals surface area contributed by atoms with E-state index in [2.05, 4.69) is 38.1 Å². The molecule has 0 saturated heterocycles. The van der Waals surface area contributed by atoms with E-state index >= 15 is 0 Å². The average molecular weight is 272 g/mol. The molecule has 0 fully saturated rings. The lowest BCUT2D eigenvalue weighted by molar-refractivity contribution is -0.125. The molecule has 0 bridgehead atoms. The van der Waals surface area contributed by atoms with Gasteiger partial charge in [0.05, 0.1) is 6.42 Å². The highest BCUT2D eigenvalue weighted by molar-refractivity contribution is 5.97. The summed E-state index contributed by atoms with van der Waals surface area (Å²) in [5.41, 5.74) is 6.13. The third kappa shape index (κ3) is 5.12. The van der Waals surface area contributed by atoms with Crippen LogP contribution in [0.5, 0.6) is 0 Å². The number of benzene rings is 1. The maximum absolute atomic E-state index is 10.4. The van der Waals surface area contributed by atoms with Gasteiger partial charge in [-0.05, 0) is 44.7 Å². The van der Waals surface area contributed by atoms with Gasteiger partial charge in [0, 0.05) is 6.42 Å². The second kappa shape index (κ2) is 7.78. The van der Waals surface area contributed by atoms with Gasteiger partial charge in [0.25, 0.3) is 0 Å². The van der Waals surface area contributed by atoms with E-state index in [1.165, 1.54) is 18.1 Å². The third-order valence-corrected chi connectivity index (χ3v) is 3.60. The Morgan fingerprint density at radius 1 is 1.00 bits per heavy atom. The Hall–Kier alpha value is -1.70. The fourth-order valence-corrected chi connectivity index (χ4v) is 2.18. The van der Waals surface area contributed by atoms with Crippen molar-refractivity contribution in [3.63, 3.8) is 0 Å². The highest BCUT2D eigenvalue weighted by Gasteiger charge is 2.10. The Kier molecular flexibility index (Phi) is 6.37. The third-order valence-electron chi connectivity index (χ3n) is 3.60. The van der Waals surface area contributed by atoms with Crippen molar-refractivity contribution in [3.8, 4) is 0 Å². The molecule has 0 heterocycles. The van der Waals surface area contributed by atoms with E-state index in [-0.39, 0.29) is 18.0 Å². The second-order valence-electron chi connectivity index (χ2n) is 5.45. The van der Waals surface area contributed by atoms with E-state index < -0.39 is 0 Å². The molecule has 20 heavy (non-hydrogen) atoms. The fourth-order valence-electron chi connectivity index (χ4n) is 2.18. The van der Waals surface area contributed by atoms with Crippen LogP contribution < -0.4 is 0 Å². The summed E-state index contributed by atoms with van der Waals surface area (Å²) in [6.07, 6.45) is 2.89. The molecule has 108 valence electrons. The minimum atomic E-state index is -0.0446. The molecular weight excluding hydrogens is 248 g/mol. The number of rotatable bonds is 3. The minimum absolute atomic E-state index is 0.0255. The molecule has 0 N–H and O–H groups in total. The number of hydrogen-bond donors (Lipinski definition) is 0. The molecule has 1 aromatic rings. The molecule has 2 nitrogen and oxygen atoms in total. The van der Waals surface area contributed by atoms with Crippen molar-refractivity contribution < 1.29 is 9.59 Å². The lowest BCUT2D eigenvalue weighted by atomic mass is 9.88. The first kappa shape index (κ1) is 16.4. The van der Waals surface area contributed by atoms with Crippen LogP contribution >= 0.6 is 0 Å². The van der Waals surface area contributed by atoms with Gasteiger partial charge in [0.1, 0.15) is 11.6 Å². The molecule has 0 radical (unpaired) electrons. The van der Waals surface area contributed by atoms with Gasteiger partial charge in [0.2, 0.25) is 0 Å². The first-order valence-electron chi connectivity index (χ1n) is 7.17. The Morgan fingerprint density at radius 2 is 1.45 bits per heavy atom. The van der Waals surface area contributed by atoms with E-state index in [9.17, 15) is 9.59 Å². The zero-order valence-corrected chi connectivity index (χ0v) is 13.0. The molecule has 1 aliphatic rings. The molecule has 2 rings (SSSR count). The van der Waals surface area contributed by atoms with Crippen LogP contribution in [-0.4, -0.2) is 11.6 Å². The Morgan fingerprint density at radius 3 is 1.75 bits per heavy atom. The lowest BCUT2D eigenvalue weighted by Crippen LogP contribution is -2.04. The summed E-state index contributed by atoms with van der Waals surface area (Å²) in [6.45, 7) is 7.66. The quantitative estimate of drug-likeness (QED) is 0.614. The minimum Gasteiger partial charge on any atom is -0.300 e. The lowest BCUT2D eigenvalue weighted by Gasteiger charge is -2.18. The summed E-state index contributed by atoms with van der Waals surface area (Å²) < 4.78 is 0. The van der Waals surface area contributed by atoms with Crippen LogP contribution in [0.15, 0.2) is 35.4 Å². The smallest absolute Gasteiger partial charge is 0.139 e. The maximum Gasteiger partial charge on any atom is 0.139 e. The number of fused-ring (bicyclic) bond motifs is 1. The van der Waals surface area contributed by atoms with Gasteiger partial charge >= 0.3 is 0 Å². The molecule has 0 saturated carbocycles. The highest BCUT2D eigenvalue weighted by atomic mass is 16.1.